The zero-order valence-corrected chi connectivity index (χ0v) is 20.0. The smallest absolute Gasteiger partial charge is 0.319 e. The predicted molar refractivity (Wildman–Crippen MR) is 133 cm³/mol. The lowest BCUT2D eigenvalue weighted by atomic mass is 9.92. The van der Waals surface area contributed by atoms with Crippen molar-refractivity contribution in [3.8, 4) is 0 Å². The van der Waals surface area contributed by atoms with Crippen LogP contribution in [0.1, 0.15) is 24.1 Å². The number of urea groups is 1. The Balaban J connectivity index is 1.47. The quantitative estimate of drug-likeness (QED) is 0.522. The number of amides is 4. The minimum Gasteiger partial charge on any atom is -0.319 e. The second kappa shape index (κ2) is 8.81. The van der Waals surface area contributed by atoms with Crippen LogP contribution in [0.25, 0.3) is 0 Å². The summed E-state index contributed by atoms with van der Waals surface area (Å²) < 4.78 is 0. The minimum atomic E-state index is -1.34. The largest absolute Gasteiger partial charge is 0.325 e. The number of imide groups is 1. The maximum atomic E-state index is 13.7. The van der Waals surface area contributed by atoms with Gasteiger partial charge in [0.1, 0.15) is 12.1 Å². The molecule has 3 aromatic carbocycles. The fourth-order valence-corrected chi connectivity index (χ4v) is 6.01. The van der Waals surface area contributed by atoms with Gasteiger partial charge in [-0.3, -0.25) is 14.5 Å². The Hall–Kier alpha value is -3.29. The molecule has 2 aliphatic rings. The molecule has 172 valence electrons. The number of nitrogens with one attached hydrogen (secondary N) is 1. The third-order valence-corrected chi connectivity index (χ3v) is 7.74. The lowest BCUT2D eigenvalue weighted by Crippen LogP contribution is -2.47. The number of hydrogen-bond donors (Lipinski definition) is 1. The van der Waals surface area contributed by atoms with Crippen molar-refractivity contribution in [2.75, 3.05) is 17.2 Å². The summed E-state index contributed by atoms with van der Waals surface area (Å²) in [5.74, 6) is -0.159. The van der Waals surface area contributed by atoms with Crippen LogP contribution < -0.4 is 10.2 Å². The zero-order chi connectivity index (χ0) is 23.9. The van der Waals surface area contributed by atoms with Crippen molar-refractivity contribution >= 4 is 46.9 Å². The van der Waals surface area contributed by atoms with Gasteiger partial charge in [0.15, 0.2) is 0 Å². The highest BCUT2D eigenvalue weighted by Crippen LogP contribution is 2.43. The van der Waals surface area contributed by atoms with Crippen LogP contribution in [0.2, 0.25) is 5.02 Å². The van der Waals surface area contributed by atoms with Crippen LogP contribution in [-0.4, -0.2) is 35.0 Å². The lowest BCUT2D eigenvalue weighted by Gasteiger charge is -2.37. The molecule has 0 spiro atoms. The van der Waals surface area contributed by atoms with Crippen molar-refractivity contribution in [3.63, 3.8) is 0 Å². The summed E-state index contributed by atoms with van der Waals surface area (Å²) in [4.78, 5) is 43.7. The van der Waals surface area contributed by atoms with E-state index in [0.29, 0.717) is 16.3 Å². The minimum absolute atomic E-state index is 0.218. The normalized spacial score (nSPS) is 21.9. The first-order valence-electron chi connectivity index (χ1n) is 10.9. The third kappa shape index (κ3) is 3.75. The van der Waals surface area contributed by atoms with Gasteiger partial charge in [-0.2, -0.15) is 0 Å². The molecular formula is C26H22ClN3O3S. The van der Waals surface area contributed by atoms with Gasteiger partial charge in [0, 0.05) is 21.2 Å². The fraction of sp³-hybridized carbons (Fsp3) is 0.192. The van der Waals surface area contributed by atoms with E-state index in [1.165, 1.54) is 0 Å². The Kier molecular flexibility index (Phi) is 5.83. The van der Waals surface area contributed by atoms with Gasteiger partial charge in [-0.05, 0) is 30.7 Å². The number of anilines is 1. The molecule has 5 rings (SSSR count). The van der Waals surface area contributed by atoms with Gasteiger partial charge >= 0.3 is 6.03 Å². The second-order valence-electron chi connectivity index (χ2n) is 8.40. The van der Waals surface area contributed by atoms with Crippen molar-refractivity contribution in [2.24, 2.45) is 0 Å². The second-order valence-corrected chi connectivity index (χ2v) is 9.86. The molecule has 3 aromatic rings. The predicted octanol–water partition coefficient (Wildman–Crippen LogP) is 4.99. The van der Waals surface area contributed by atoms with Crippen LogP contribution in [0.4, 0.5) is 10.5 Å². The maximum absolute atomic E-state index is 13.7. The fourth-order valence-electron chi connectivity index (χ4n) is 4.52. The number of hydrogen-bond acceptors (Lipinski definition) is 4. The van der Waals surface area contributed by atoms with E-state index in [4.69, 9.17) is 11.6 Å². The number of carbonyl (C=O) groups is 3. The van der Waals surface area contributed by atoms with Gasteiger partial charge in [0.25, 0.3) is 5.91 Å². The summed E-state index contributed by atoms with van der Waals surface area (Å²) >= 11 is 8.01. The zero-order valence-electron chi connectivity index (χ0n) is 18.4. The Labute approximate surface area is 206 Å². The van der Waals surface area contributed by atoms with Crippen LogP contribution in [0.15, 0.2) is 83.8 Å². The number of halogens is 1. The number of thioether (sulfide) groups is 1. The van der Waals surface area contributed by atoms with Gasteiger partial charge in [-0.1, -0.05) is 72.3 Å². The standard InChI is InChI=1S/C26H22ClN3O3S/c1-26(18-11-5-6-12-19(18)27)24(32)29(25(33)28-26)15-23(31)30-20-13-7-8-14-22(20)34-16-21(30)17-9-3-2-4-10-17/h2-14,21H,15-16H2,1H3,(H,28,33)/t21-,26+/m1/s1. The molecule has 0 saturated carbocycles. The summed E-state index contributed by atoms with van der Waals surface area (Å²) in [6, 6.07) is 23.5. The van der Waals surface area contributed by atoms with E-state index in [9.17, 15) is 14.4 Å². The highest BCUT2D eigenvalue weighted by Gasteiger charge is 2.51. The number of benzene rings is 3. The SMILES string of the molecule is C[C@@]1(c2ccccc2Cl)NC(=O)N(CC(=O)N2c3ccccc3SC[C@@H]2c2ccccc2)C1=O. The molecule has 1 saturated heterocycles. The Bertz CT molecular complexity index is 1290. The first-order chi connectivity index (χ1) is 16.4. The molecule has 34 heavy (non-hydrogen) atoms. The molecule has 4 amide bonds. The molecule has 0 unspecified atom stereocenters. The number of rotatable bonds is 4. The van der Waals surface area contributed by atoms with Crippen LogP contribution in [-0.2, 0) is 15.1 Å². The van der Waals surface area contributed by atoms with Crippen molar-refractivity contribution < 1.29 is 14.4 Å². The van der Waals surface area contributed by atoms with Crippen LogP contribution in [0, 0.1) is 0 Å². The van der Waals surface area contributed by atoms with Crippen molar-refractivity contribution in [3.05, 3.63) is 95.0 Å². The molecule has 0 radical (unpaired) electrons. The van der Waals surface area contributed by atoms with E-state index in [1.807, 2.05) is 54.6 Å². The van der Waals surface area contributed by atoms with E-state index >= 15 is 0 Å². The van der Waals surface area contributed by atoms with E-state index in [2.05, 4.69) is 5.32 Å². The van der Waals surface area contributed by atoms with E-state index < -0.39 is 17.5 Å². The topological polar surface area (TPSA) is 69.7 Å². The average Bonchev–Trinajstić information content (AvgIpc) is 3.07. The molecule has 2 atom stereocenters. The van der Waals surface area contributed by atoms with Crippen LogP contribution in [0.5, 0.6) is 0 Å². The molecule has 0 bridgehead atoms. The highest BCUT2D eigenvalue weighted by molar-refractivity contribution is 7.99. The Morgan fingerprint density at radius 1 is 1.03 bits per heavy atom. The van der Waals surface area contributed by atoms with Crippen molar-refractivity contribution in [1.29, 1.82) is 0 Å². The molecule has 8 heteroatoms. The van der Waals surface area contributed by atoms with Crippen molar-refractivity contribution in [2.45, 2.75) is 23.4 Å². The summed E-state index contributed by atoms with van der Waals surface area (Å²) in [5.41, 5.74) is 0.922. The first kappa shape index (κ1) is 22.5. The van der Waals surface area contributed by atoms with Gasteiger partial charge in [0.2, 0.25) is 5.91 Å². The lowest BCUT2D eigenvalue weighted by molar-refractivity contribution is -0.134. The summed E-state index contributed by atoms with van der Waals surface area (Å²) in [7, 11) is 0. The monoisotopic (exact) mass is 491 g/mol. The van der Waals surface area contributed by atoms with Gasteiger partial charge in [-0.15, -0.1) is 11.8 Å². The highest BCUT2D eigenvalue weighted by atomic mass is 35.5. The Morgan fingerprint density at radius 3 is 2.47 bits per heavy atom. The average molecular weight is 492 g/mol. The van der Waals surface area contributed by atoms with Crippen LogP contribution >= 0.6 is 23.4 Å². The Morgan fingerprint density at radius 2 is 1.71 bits per heavy atom. The molecule has 1 N–H and O–H groups in total. The van der Waals surface area contributed by atoms with Crippen molar-refractivity contribution in [1.82, 2.24) is 10.2 Å². The molecule has 1 fully saturated rings. The van der Waals surface area contributed by atoms with Gasteiger partial charge in [-0.25, -0.2) is 4.79 Å². The molecule has 2 aliphatic heterocycles. The number of nitrogens with zero attached hydrogens (tertiary/aromatic N) is 2. The molecule has 6 nitrogen and oxygen atoms in total. The summed E-state index contributed by atoms with van der Waals surface area (Å²) in [6.07, 6.45) is 0. The summed E-state index contributed by atoms with van der Waals surface area (Å²) in [6.45, 7) is 1.24. The molecular weight excluding hydrogens is 470 g/mol. The van der Waals surface area contributed by atoms with Crippen LogP contribution in [0.3, 0.4) is 0 Å². The van der Waals surface area contributed by atoms with Gasteiger partial charge in [0.05, 0.1) is 11.7 Å². The summed E-state index contributed by atoms with van der Waals surface area (Å²) in [5, 5.41) is 3.11. The molecule has 2 heterocycles. The molecule has 0 aromatic heterocycles. The third-order valence-electron chi connectivity index (χ3n) is 6.27. The van der Waals surface area contributed by atoms with E-state index in [1.54, 1.807) is 47.9 Å². The number of fused-ring (bicyclic) bond motifs is 1. The maximum Gasteiger partial charge on any atom is 0.325 e. The van der Waals surface area contributed by atoms with E-state index in [0.717, 1.165) is 21.0 Å². The van der Waals surface area contributed by atoms with E-state index in [-0.39, 0.29) is 18.5 Å². The number of para-hydroxylation sites is 1. The first-order valence-corrected chi connectivity index (χ1v) is 12.2. The number of carbonyl (C=O) groups excluding carboxylic acids is 3. The molecule has 0 aliphatic carbocycles. The van der Waals surface area contributed by atoms with Gasteiger partial charge < -0.3 is 10.2 Å².